The lowest BCUT2D eigenvalue weighted by atomic mass is 10.2. The second-order valence-electron chi connectivity index (χ2n) is 4.73. The molecule has 122 valence electrons. The number of rotatable bonds is 7. The van der Waals surface area contributed by atoms with Gasteiger partial charge in [-0.25, -0.2) is 0 Å². The molecule has 0 bridgehead atoms. The van der Waals surface area contributed by atoms with Crippen LogP contribution in [0.1, 0.15) is 16.8 Å². The van der Waals surface area contributed by atoms with E-state index < -0.39 is 0 Å². The van der Waals surface area contributed by atoms with Crippen LogP contribution in [-0.2, 0) is 0 Å². The Morgan fingerprint density at radius 2 is 1.91 bits per heavy atom. The fourth-order valence-corrected chi connectivity index (χ4v) is 2.44. The molecule has 0 radical (unpaired) electrons. The van der Waals surface area contributed by atoms with Gasteiger partial charge in [-0.1, -0.05) is 35.3 Å². The van der Waals surface area contributed by atoms with E-state index in [1.807, 2.05) is 6.07 Å². The lowest BCUT2D eigenvalue weighted by Crippen LogP contribution is -2.26. The Morgan fingerprint density at radius 3 is 2.65 bits per heavy atom. The molecule has 1 amide bonds. The summed E-state index contributed by atoms with van der Waals surface area (Å²) in [6.07, 6.45) is 0.653. The first-order chi connectivity index (χ1) is 11.1. The highest BCUT2D eigenvalue weighted by molar-refractivity contribution is 6.35. The van der Waals surface area contributed by atoms with Crippen molar-refractivity contribution in [3.05, 3.63) is 58.1 Å². The van der Waals surface area contributed by atoms with Crippen LogP contribution < -0.4 is 14.8 Å². The molecule has 4 nitrogen and oxygen atoms in total. The van der Waals surface area contributed by atoms with Crippen LogP contribution in [0.4, 0.5) is 0 Å². The van der Waals surface area contributed by atoms with Gasteiger partial charge in [0.25, 0.3) is 5.91 Å². The molecule has 0 aromatic heterocycles. The predicted octanol–water partition coefficient (Wildman–Crippen LogP) is 4.20. The Balaban J connectivity index is 1.76. The summed E-state index contributed by atoms with van der Waals surface area (Å²) in [5.41, 5.74) is 0.511. The van der Waals surface area contributed by atoms with Crippen molar-refractivity contribution in [1.29, 1.82) is 0 Å². The molecule has 0 heterocycles. The van der Waals surface area contributed by atoms with Crippen molar-refractivity contribution >= 4 is 29.1 Å². The molecule has 0 atom stereocenters. The Labute approximate surface area is 145 Å². The summed E-state index contributed by atoms with van der Waals surface area (Å²) >= 11 is 11.8. The molecule has 23 heavy (non-hydrogen) atoms. The van der Waals surface area contributed by atoms with Crippen LogP contribution in [0.3, 0.4) is 0 Å². The van der Waals surface area contributed by atoms with E-state index in [4.69, 9.17) is 32.7 Å². The first-order valence-electron chi connectivity index (χ1n) is 7.11. The molecule has 6 heteroatoms. The number of nitrogens with one attached hydrogen (secondary N) is 1. The number of carbonyl (C=O) groups is 1. The fourth-order valence-electron chi connectivity index (χ4n) is 1.98. The largest absolute Gasteiger partial charge is 0.496 e. The van der Waals surface area contributed by atoms with E-state index >= 15 is 0 Å². The zero-order valence-corrected chi connectivity index (χ0v) is 14.2. The Kier molecular flexibility index (Phi) is 6.56. The summed E-state index contributed by atoms with van der Waals surface area (Å²) in [7, 11) is 1.54. The molecule has 0 saturated carbocycles. The molecule has 0 aliphatic carbocycles. The number of benzene rings is 2. The summed E-state index contributed by atoms with van der Waals surface area (Å²) in [5.74, 6) is 0.952. The highest BCUT2D eigenvalue weighted by Gasteiger charge is 2.10. The Morgan fingerprint density at radius 1 is 1.13 bits per heavy atom. The van der Waals surface area contributed by atoms with Gasteiger partial charge in [0.05, 0.1) is 24.3 Å². The molecule has 0 aliphatic heterocycles. The average molecular weight is 354 g/mol. The Bertz CT molecular complexity index is 677. The molecule has 0 aliphatic rings. The van der Waals surface area contributed by atoms with E-state index in [1.165, 1.54) is 7.11 Å². The lowest BCUT2D eigenvalue weighted by Gasteiger charge is -2.10. The van der Waals surface area contributed by atoms with Crippen molar-refractivity contribution < 1.29 is 14.3 Å². The molecule has 1 N–H and O–H groups in total. The summed E-state index contributed by atoms with van der Waals surface area (Å²) in [6.45, 7) is 0.926. The van der Waals surface area contributed by atoms with Gasteiger partial charge >= 0.3 is 0 Å². The van der Waals surface area contributed by atoms with Crippen molar-refractivity contribution in [2.45, 2.75) is 6.42 Å². The minimum atomic E-state index is -0.174. The van der Waals surface area contributed by atoms with Crippen LogP contribution in [-0.4, -0.2) is 26.2 Å². The van der Waals surface area contributed by atoms with Crippen LogP contribution >= 0.6 is 23.2 Å². The van der Waals surface area contributed by atoms with Crippen LogP contribution in [0, 0.1) is 0 Å². The minimum absolute atomic E-state index is 0.174. The van der Waals surface area contributed by atoms with E-state index in [0.29, 0.717) is 46.7 Å². The van der Waals surface area contributed by atoms with E-state index in [2.05, 4.69) is 5.32 Å². The van der Waals surface area contributed by atoms with E-state index in [9.17, 15) is 4.79 Å². The zero-order valence-electron chi connectivity index (χ0n) is 12.6. The molecular formula is C17H17Cl2NO3. The molecule has 0 unspecified atom stereocenters. The van der Waals surface area contributed by atoms with Gasteiger partial charge in [0.15, 0.2) is 0 Å². The highest BCUT2D eigenvalue weighted by atomic mass is 35.5. The van der Waals surface area contributed by atoms with Crippen molar-refractivity contribution in [3.8, 4) is 11.5 Å². The first-order valence-corrected chi connectivity index (χ1v) is 7.86. The summed E-state index contributed by atoms with van der Waals surface area (Å²) in [6, 6.07) is 12.1. The number of para-hydroxylation sites is 1. The number of methoxy groups -OCH3 is 1. The lowest BCUT2D eigenvalue weighted by molar-refractivity contribution is 0.0948. The van der Waals surface area contributed by atoms with Crippen molar-refractivity contribution in [3.63, 3.8) is 0 Å². The number of halogens is 2. The minimum Gasteiger partial charge on any atom is -0.496 e. The number of hydrogen-bond acceptors (Lipinski definition) is 3. The molecule has 2 rings (SSSR count). The van der Waals surface area contributed by atoms with Gasteiger partial charge in [-0.2, -0.15) is 0 Å². The maximum atomic E-state index is 12.1. The predicted molar refractivity (Wildman–Crippen MR) is 91.9 cm³/mol. The molecular weight excluding hydrogens is 337 g/mol. The summed E-state index contributed by atoms with van der Waals surface area (Å²) < 4.78 is 10.7. The number of hydrogen-bond donors (Lipinski definition) is 1. The normalized spacial score (nSPS) is 10.2. The van der Waals surface area contributed by atoms with Crippen molar-refractivity contribution in [2.24, 2.45) is 0 Å². The third-order valence-electron chi connectivity index (χ3n) is 3.11. The average Bonchev–Trinajstić information content (AvgIpc) is 2.56. The van der Waals surface area contributed by atoms with Gasteiger partial charge in [0.1, 0.15) is 11.5 Å². The quantitative estimate of drug-likeness (QED) is 0.758. The van der Waals surface area contributed by atoms with Gasteiger partial charge in [0, 0.05) is 11.6 Å². The smallest absolute Gasteiger partial charge is 0.255 e. The SMILES string of the molecule is COc1ccccc1C(=O)NCCCOc1ccc(Cl)cc1Cl. The van der Waals surface area contributed by atoms with E-state index in [-0.39, 0.29) is 5.91 Å². The monoisotopic (exact) mass is 353 g/mol. The van der Waals surface area contributed by atoms with Gasteiger partial charge in [-0.05, 0) is 36.8 Å². The van der Waals surface area contributed by atoms with Crippen LogP contribution in [0.2, 0.25) is 10.0 Å². The molecule has 0 saturated heterocycles. The zero-order chi connectivity index (χ0) is 16.7. The second-order valence-corrected chi connectivity index (χ2v) is 5.58. The first kappa shape index (κ1) is 17.4. The van der Waals surface area contributed by atoms with Gasteiger partial charge in [-0.15, -0.1) is 0 Å². The third kappa shape index (κ3) is 5.05. The van der Waals surface area contributed by atoms with E-state index in [0.717, 1.165) is 0 Å². The van der Waals surface area contributed by atoms with Crippen LogP contribution in [0.25, 0.3) is 0 Å². The van der Waals surface area contributed by atoms with Gasteiger partial charge in [0.2, 0.25) is 0 Å². The van der Waals surface area contributed by atoms with Crippen LogP contribution in [0.5, 0.6) is 11.5 Å². The van der Waals surface area contributed by atoms with E-state index in [1.54, 1.807) is 36.4 Å². The van der Waals surface area contributed by atoms with Gasteiger partial charge < -0.3 is 14.8 Å². The molecule has 2 aromatic carbocycles. The number of carbonyl (C=O) groups excluding carboxylic acids is 1. The third-order valence-corrected chi connectivity index (χ3v) is 3.64. The standard InChI is InChI=1S/C17H17Cl2NO3/c1-22-15-6-3-2-5-13(15)17(21)20-9-4-10-23-16-8-7-12(18)11-14(16)19/h2-3,5-8,11H,4,9-10H2,1H3,(H,20,21). The maximum absolute atomic E-state index is 12.1. The van der Waals surface area contributed by atoms with Gasteiger partial charge in [-0.3, -0.25) is 4.79 Å². The van der Waals surface area contributed by atoms with Crippen LogP contribution in [0.15, 0.2) is 42.5 Å². The Hall–Kier alpha value is -1.91. The summed E-state index contributed by atoms with van der Waals surface area (Å²) in [5, 5.41) is 3.86. The molecule has 2 aromatic rings. The fraction of sp³-hybridized carbons (Fsp3) is 0.235. The van der Waals surface area contributed by atoms with Crippen molar-refractivity contribution in [2.75, 3.05) is 20.3 Å². The maximum Gasteiger partial charge on any atom is 0.255 e. The molecule has 0 fully saturated rings. The van der Waals surface area contributed by atoms with Crippen molar-refractivity contribution in [1.82, 2.24) is 5.32 Å². The molecule has 0 spiro atoms. The summed E-state index contributed by atoms with van der Waals surface area (Å²) in [4.78, 5) is 12.1. The number of amides is 1. The number of ether oxygens (including phenoxy) is 2. The highest BCUT2D eigenvalue weighted by Crippen LogP contribution is 2.27. The second kappa shape index (κ2) is 8.65. The topological polar surface area (TPSA) is 47.6 Å².